The molecule has 3 aromatic heterocycles. The molecule has 2 aromatic carbocycles. The molecule has 0 atom stereocenters. The number of fused-ring (bicyclic) bond motifs is 1. The van der Waals surface area contributed by atoms with Crippen molar-refractivity contribution in [1.29, 1.82) is 0 Å². The third-order valence-electron chi connectivity index (χ3n) is 6.14. The summed E-state index contributed by atoms with van der Waals surface area (Å²) in [6.45, 7) is 5.38. The van der Waals surface area contributed by atoms with Gasteiger partial charge in [-0.1, -0.05) is 18.2 Å². The van der Waals surface area contributed by atoms with Crippen LogP contribution in [-0.2, 0) is 6.54 Å². The zero-order valence-corrected chi connectivity index (χ0v) is 22.9. The first-order chi connectivity index (χ1) is 18.6. The highest BCUT2D eigenvalue weighted by molar-refractivity contribution is 7.17. The number of thiazole rings is 1. The van der Waals surface area contributed by atoms with Gasteiger partial charge in [-0.05, 0) is 63.2 Å². The number of pyridine rings is 1. The molecular weight excluding hydrogens is 512 g/mol. The van der Waals surface area contributed by atoms with E-state index >= 15 is 0 Å². The number of aromatic nitrogens is 4. The van der Waals surface area contributed by atoms with Crippen LogP contribution < -0.4 is 10.2 Å². The molecule has 0 aliphatic rings. The van der Waals surface area contributed by atoms with Gasteiger partial charge in [0, 0.05) is 36.3 Å². The first kappa shape index (κ1) is 26.2. The number of nitrogens with zero attached hydrogens (tertiary/aromatic N) is 5. The Morgan fingerprint density at radius 2 is 1.77 bits per heavy atom. The lowest BCUT2D eigenvalue weighted by molar-refractivity contribution is 0.0630. The highest BCUT2D eigenvalue weighted by Crippen LogP contribution is 2.30. The zero-order chi connectivity index (χ0) is 27.7. The monoisotopic (exact) mass is 540 g/mol. The quantitative estimate of drug-likeness (QED) is 0.295. The number of nitrogens with one attached hydrogen (secondary N) is 1. The summed E-state index contributed by atoms with van der Waals surface area (Å²) in [5.74, 6) is -0.191. The van der Waals surface area contributed by atoms with Crippen molar-refractivity contribution in [2.24, 2.45) is 0 Å². The third-order valence-corrected chi connectivity index (χ3v) is 7.35. The number of hydrogen-bond acceptors (Lipinski definition) is 7. The number of hydrogen-bond donors (Lipinski definition) is 2. The molecule has 0 spiro atoms. The summed E-state index contributed by atoms with van der Waals surface area (Å²) in [4.78, 5) is 41.7. The molecule has 0 radical (unpaired) electrons. The molecule has 198 valence electrons. The van der Waals surface area contributed by atoms with E-state index in [4.69, 9.17) is 0 Å². The minimum atomic E-state index is -1.07. The largest absolute Gasteiger partial charge is 0.389 e. The van der Waals surface area contributed by atoms with E-state index in [1.54, 1.807) is 67.9 Å². The number of benzene rings is 2. The molecule has 10 heteroatoms. The maximum absolute atomic E-state index is 13.4. The molecule has 39 heavy (non-hydrogen) atoms. The van der Waals surface area contributed by atoms with Gasteiger partial charge in [-0.25, -0.2) is 9.97 Å². The van der Waals surface area contributed by atoms with Crippen LogP contribution in [0.4, 0.5) is 11.6 Å². The molecule has 3 heterocycles. The average molecular weight is 541 g/mol. The fourth-order valence-corrected chi connectivity index (χ4v) is 5.21. The van der Waals surface area contributed by atoms with Gasteiger partial charge >= 0.3 is 0 Å². The maximum Gasteiger partial charge on any atom is 0.269 e. The highest BCUT2D eigenvalue weighted by Gasteiger charge is 2.24. The molecule has 9 nitrogen and oxygen atoms in total. The predicted molar refractivity (Wildman–Crippen MR) is 153 cm³/mol. The highest BCUT2D eigenvalue weighted by atomic mass is 32.1. The number of carbonyl (C=O) groups excluding carboxylic acids is 2. The van der Waals surface area contributed by atoms with Gasteiger partial charge in [-0.2, -0.15) is 0 Å². The van der Waals surface area contributed by atoms with Gasteiger partial charge in [0.2, 0.25) is 5.95 Å². The summed E-state index contributed by atoms with van der Waals surface area (Å²) >= 11 is 1.29. The Morgan fingerprint density at radius 1 is 1.05 bits per heavy atom. The second kappa shape index (κ2) is 10.4. The lowest BCUT2D eigenvalue weighted by Gasteiger charge is -2.20. The molecule has 2 N–H and O–H groups in total. The number of rotatable bonds is 7. The van der Waals surface area contributed by atoms with Gasteiger partial charge in [0.1, 0.15) is 9.88 Å². The smallest absolute Gasteiger partial charge is 0.269 e. The van der Waals surface area contributed by atoms with E-state index in [-0.39, 0.29) is 18.4 Å². The van der Waals surface area contributed by atoms with Crippen LogP contribution in [0.3, 0.4) is 0 Å². The third kappa shape index (κ3) is 5.57. The van der Waals surface area contributed by atoms with E-state index in [0.717, 1.165) is 16.1 Å². The molecule has 5 aromatic rings. The van der Waals surface area contributed by atoms with E-state index in [2.05, 4.69) is 20.3 Å². The summed E-state index contributed by atoms with van der Waals surface area (Å²) in [7, 11) is 1.71. The normalized spacial score (nSPS) is 11.5. The van der Waals surface area contributed by atoms with Gasteiger partial charge in [0.15, 0.2) is 0 Å². The number of aliphatic hydroxyl groups is 1. The van der Waals surface area contributed by atoms with Gasteiger partial charge in [-0.15, -0.1) is 11.3 Å². The van der Waals surface area contributed by atoms with Crippen LogP contribution in [-0.4, -0.2) is 49.1 Å². The predicted octanol–water partition coefficient (Wildman–Crippen LogP) is 5.16. The summed E-state index contributed by atoms with van der Waals surface area (Å²) < 4.78 is 1.77. The lowest BCUT2D eigenvalue weighted by atomic mass is 10.1. The number of amides is 2. The van der Waals surface area contributed by atoms with Gasteiger partial charge in [-0.3, -0.25) is 19.9 Å². The van der Waals surface area contributed by atoms with Crippen LogP contribution >= 0.6 is 11.3 Å². The Balaban J connectivity index is 1.48. The fraction of sp³-hybridized carbons (Fsp3) is 0.207. The van der Waals surface area contributed by atoms with Crippen LogP contribution in [0.5, 0.6) is 0 Å². The van der Waals surface area contributed by atoms with E-state index in [1.165, 1.54) is 11.3 Å². The minimum absolute atomic E-state index is 0.148. The molecule has 0 fully saturated rings. The second-order valence-electron chi connectivity index (χ2n) is 9.86. The van der Waals surface area contributed by atoms with E-state index < -0.39 is 5.60 Å². The Bertz CT molecular complexity index is 1660. The topological polar surface area (TPSA) is 113 Å². The molecule has 0 unspecified atom stereocenters. The van der Waals surface area contributed by atoms with Crippen molar-refractivity contribution in [3.8, 4) is 10.6 Å². The van der Waals surface area contributed by atoms with Crippen LogP contribution in [0, 0.1) is 6.92 Å². The molecule has 0 bridgehead atoms. The summed E-state index contributed by atoms with van der Waals surface area (Å²) in [5, 5.41) is 14.3. The van der Waals surface area contributed by atoms with E-state index in [0.29, 0.717) is 33.3 Å². The maximum atomic E-state index is 13.4. The Labute approximate surface area is 229 Å². The van der Waals surface area contributed by atoms with Crippen molar-refractivity contribution < 1.29 is 14.7 Å². The first-order valence-corrected chi connectivity index (χ1v) is 13.2. The molecule has 0 aliphatic carbocycles. The van der Waals surface area contributed by atoms with E-state index in [9.17, 15) is 14.7 Å². The van der Waals surface area contributed by atoms with Crippen molar-refractivity contribution in [1.82, 2.24) is 19.5 Å². The van der Waals surface area contributed by atoms with Crippen LogP contribution in [0.15, 0.2) is 73.1 Å². The van der Waals surface area contributed by atoms with Gasteiger partial charge < -0.3 is 14.6 Å². The average Bonchev–Trinajstić information content (AvgIpc) is 3.47. The Hall–Kier alpha value is -4.41. The summed E-state index contributed by atoms with van der Waals surface area (Å²) in [5.41, 5.74) is 2.95. The number of aryl methyl sites for hydroxylation is 1. The number of imidazole rings is 1. The first-order valence-electron chi connectivity index (χ1n) is 12.4. The van der Waals surface area contributed by atoms with E-state index in [1.807, 2.05) is 42.5 Å². The fourth-order valence-electron chi connectivity index (χ4n) is 4.24. The standard InChI is InChI=1S/C29H28N6O3S/c1-18-24(39-26(31-18)19-12-14-30-15-13-19)25(36)33-28-32-22-16-21(10-11-23(22)35(28)17-29(2,3)38)34(4)27(37)20-8-6-5-7-9-20/h5-16,38H,17H2,1-4H3,(H,32,33,36). The van der Waals surface area contributed by atoms with Crippen molar-refractivity contribution in [3.63, 3.8) is 0 Å². The number of anilines is 2. The SMILES string of the molecule is Cc1nc(-c2ccncc2)sc1C(=O)Nc1nc2cc(N(C)C(=O)c3ccccc3)ccc2n1CC(C)(C)O. The van der Waals surface area contributed by atoms with Crippen molar-refractivity contribution in [2.75, 3.05) is 17.3 Å². The molecule has 0 saturated heterocycles. The molecule has 5 rings (SSSR count). The van der Waals surface area contributed by atoms with Crippen molar-refractivity contribution in [3.05, 3.63) is 89.2 Å². The van der Waals surface area contributed by atoms with Crippen molar-refractivity contribution >= 4 is 45.8 Å². The van der Waals surface area contributed by atoms with Crippen molar-refractivity contribution in [2.45, 2.75) is 32.9 Å². The summed E-state index contributed by atoms with van der Waals surface area (Å²) in [6.07, 6.45) is 3.37. The lowest BCUT2D eigenvalue weighted by Crippen LogP contribution is -2.28. The number of carbonyl (C=O) groups is 2. The Morgan fingerprint density at radius 3 is 2.46 bits per heavy atom. The van der Waals surface area contributed by atoms with Crippen LogP contribution in [0.1, 0.15) is 39.6 Å². The van der Waals surface area contributed by atoms with Gasteiger partial charge in [0.25, 0.3) is 11.8 Å². The van der Waals surface area contributed by atoms with Gasteiger partial charge in [0.05, 0.1) is 28.9 Å². The molecular formula is C29H28N6O3S. The minimum Gasteiger partial charge on any atom is -0.389 e. The molecule has 2 amide bonds. The Kier molecular flexibility index (Phi) is 6.98. The molecule has 0 aliphatic heterocycles. The second-order valence-corrected chi connectivity index (χ2v) is 10.9. The van der Waals surface area contributed by atoms with Crippen LogP contribution in [0.25, 0.3) is 21.6 Å². The molecule has 0 saturated carbocycles. The zero-order valence-electron chi connectivity index (χ0n) is 22.0. The van der Waals surface area contributed by atoms with Crippen LogP contribution in [0.2, 0.25) is 0 Å². The summed E-state index contributed by atoms with van der Waals surface area (Å²) in [6, 6.07) is 18.2.